The van der Waals surface area contributed by atoms with Gasteiger partial charge < -0.3 is 5.32 Å². The smallest absolute Gasteiger partial charge is 0.345 e. The molecule has 3 rings (SSSR count). The highest BCUT2D eigenvalue weighted by Gasteiger charge is 2.41. The van der Waals surface area contributed by atoms with Gasteiger partial charge in [-0.15, -0.1) is 0 Å². The second-order valence-corrected chi connectivity index (χ2v) is 9.05. The van der Waals surface area contributed by atoms with Crippen LogP contribution in [-0.4, -0.2) is 30.4 Å². The zero-order valence-corrected chi connectivity index (χ0v) is 18.3. The number of hydrogen-bond donors (Lipinski definition) is 2. The van der Waals surface area contributed by atoms with Crippen molar-refractivity contribution in [2.45, 2.75) is 26.1 Å². The largest absolute Gasteiger partial charge is 0.434 e. The molecule has 2 N–H and O–H groups in total. The number of nitrogens with zero attached hydrogens (tertiary/aromatic N) is 2. The highest BCUT2D eigenvalue weighted by Crippen LogP contribution is 2.34. The number of aryl methyl sites for hydroxylation is 1. The van der Waals surface area contributed by atoms with E-state index in [2.05, 4.69) is 15.1 Å². The maximum Gasteiger partial charge on any atom is 0.434 e. The fraction of sp³-hybridized carbons (Fsp3) is 0.238. The number of carbonyl (C=O) groups is 1. The van der Waals surface area contributed by atoms with Gasteiger partial charge in [0.05, 0.1) is 29.7 Å². The van der Waals surface area contributed by atoms with E-state index in [1.54, 1.807) is 44.2 Å². The van der Waals surface area contributed by atoms with Crippen molar-refractivity contribution in [1.82, 2.24) is 15.1 Å². The van der Waals surface area contributed by atoms with Crippen LogP contribution < -0.4 is 10.0 Å². The zero-order chi connectivity index (χ0) is 23.7. The number of anilines is 1. The minimum Gasteiger partial charge on any atom is -0.345 e. The molecule has 1 aromatic heterocycles. The van der Waals surface area contributed by atoms with Gasteiger partial charge in [-0.2, -0.15) is 18.3 Å². The van der Waals surface area contributed by atoms with Crippen LogP contribution in [0, 0.1) is 6.92 Å². The van der Waals surface area contributed by atoms with Crippen LogP contribution in [0.2, 0.25) is 0 Å². The molecule has 1 unspecified atom stereocenters. The molecule has 1 atom stereocenters. The first-order valence-corrected chi connectivity index (χ1v) is 11.4. The van der Waals surface area contributed by atoms with Crippen molar-refractivity contribution in [2.75, 3.05) is 11.0 Å². The Labute approximate surface area is 183 Å². The minimum atomic E-state index is -4.83. The summed E-state index contributed by atoms with van der Waals surface area (Å²) in [7, 11) is -3.51. The number of amides is 1. The van der Waals surface area contributed by atoms with Gasteiger partial charge in [0, 0.05) is 5.69 Å². The number of rotatable bonds is 6. The molecule has 0 saturated heterocycles. The second-order valence-electron chi connectivity index (χ2n) is 7.30. The number of para-hydroxylation sites is 1. The minimum absolute atomic E-state index is 0.214. The molecule has 0 fully saturated rings. The van der Waals surface area contributed by atoms with Gasteiger partial charge in [-0.1, -0.05) is 30.3 Å². The molecule has 0 radical (unpaired) electrons. The summed E-state index contributed by atoms with van der Waals surface area (Å²) in [6.07, 6.45) is -2.94. The Morgan fingerprint density at radius 2 is 1.81 bits per heavy atom. The summed E-state index contributed by atoms with van der Waals surface area (Å²) in [6.45, 7) is 3.23. The van der Waals surface area contributed by atoms with Crippen LogP contribution >= 0.6 is 0 Å². The Kier molecular flexibility index (Phi) is 6.31. The van der Waals surface area contributed by atoms with Gasteiger partial charge in [-0.3, -0.25) is 9.52 Å². The summed E-state index contributed by atoms with van der Waals surface area (Å²) < 4.78 is 67.5. The molecule has 170 valence electrons. The summed E-state index contributed by atoms with van der Waals surface area (Å²) >= 11 is 0. The molecule has 2 aromatic carbocycles. The van der Waals surface area contributed by atoms with Gasteiger partial charge in [0.25, 0.3) is 5.91 Å². The fourth-order valence-electron chi connectivity index (χ4n) is 3.21. The van der Waals surface area contributed by atoms with Crippen molar-refractivity contribution in [3.8, 4) is 5.69 Å². The lowest BCUT2D eigenvalue weighted by atomic mass is 10.1. The molecule has 32 heavy (non-hydrogen) atoms. The van der Waals surface area contributed by atoms with Crippen molar-refractivity contribution >= 4 is 21.6 Å². The number of sulfonamides is 1. The predicted octanol–water partition coefficient (Wildman–Crippen LogP) is 4.06. The Bertz CT molecular complexity index is 1250. The fourth-order valence-corrected chi connectivity index (χ4v) is 3.77. The molecular formula is C21H21F3N4O3S. The molecule has 0 spiro atoms. The van der Waals surface area contributed by atoms with Crippen LogP contribution in [-0.2, 0) is 16.2 Å². The second kappa shape index (κ2) is 8.65. The van der Waals surface area contributed by atoms with E-state index in [4.69, 9.17) is 0 Å². The average molecular weight is 466 g/mol. The maximum absolute atomic E-state index is 13.9. The topological polar surface area (TPSA) is 93.1 Å². The summed E-state index contributed by atoms with van der Waals surface area (Å²) in [5.41, 5.74) is -0.230. The van der Waals surface area contributed by atoms with Crippen LogP contribution in [0.15, 0.2) is 54.7 Å². The lowest BCUT2D eigenvalue weighted by molar-refractivity contribution is -0.143. The normalized spacial score (nSPS) is 12.9. The summed E-state index contributed by atoms with van der Waals surface area (Å²) in [4.78, 5) is 12.8. The van der Waals surface area contributed by atoms with E-state index in [9.17, 15) is 26.4 Å². The molecule has 0 aliphatic carbocycles. The van der Waals surface area contributed by atoms with Crippen LogP contribution in [0.3, 0.4) is 0 Å². The van der Waals surface area contributed by atoms with Crippen molar-refractivity contribution in [1.29, 1.82) is 0 Å². The van der Waals surface area contributed by atoms with E-state index >= 15 is 0 Å². The summed E-state index contributed by atoms with van der Waals surface area (Å²) in [5, 5.41) is 6.35. The lowest BCUT2D eigenvalue weighted by Gasteiger charge is -2.17. The molecule has 11 heteroatoms. The molecule has 0 aliphatic rings. The Morgan fingerprint density at radius 3 is 2.44 bits per heavy atom. The van der Waals surface area contributed by atoms with E-state index in [1.165, 1.54) is 18.2 Å². The molecule has 1 amide bonds. The number of nitrogens with one attached hydrogen (secondary N) is 2. The van der Waals surface area contributed by atoms with E-state index in [0.29, 0.717) is 15.8 Å². The quantitative estimate of drug-likeness (QED) is 0.573. The number of benzene rings is 2. The first-order valence-electron chi connectivity index (χ1n) is 9.46. The Hall–Kier alpha value is -3.34. The molecule has 0 aliphatic heterocycles. The third-order valence-corrected chi connectivity index (χ3v) is 5.27. The molecule has 7 nitrogen and oxygen atoms in total. The van der Waals surface area contributed by atoms with E-state index < -0.39 is 39.4 Å². The predicted molar refractivity (Wildman–Crippen MR) is 114 cm³/mol. The zero-order valence-electron chi connectivity index (χ0n) is 17.4. The first-order chi connectivity index (χ1) is 14.9. The van der Waals surface area contributed by atoms with E-state index in [1.807, 2.05) is 0 Å². The molecule has 3 aromatic rings. The summed E-state index contributed by atoms with van der Waals surface area (Å²) in [5.74, 6) is -0.953. The van der Waals surface area contributed by atoms with Gasteiger partial charge in [-0.05, 0) is 43.2 Å². The van der Waals surface area contributed by atoms with Crippen molar-refractivity contribution in [3.63, 3.8) is 0 Å². The standard InChI is InChI=1S/C21H21F3N4O3S/c1-13-7-4-5-10-18(13)28-19(21(22,23)24)17(12-25-28)20(29)26-14(2)15-8-6-9-16(11-15)27-32(3,30)31/h4-12,14,27H,1-3H3,(H,26,29). The first kappa shape index (κ1) is 23.3. The average Bonchev–Trinajstić information content (AvgIpc) is 3.13. The summed E-state index contributed by atoms with van der Waals surface area (Å²) in [6, 6.07) is 11.9. The van der Waals surface area contributed by atoms with E-state index in [0.717, 1.165) is 12.5 Å². The van der Waals surface area contributed by atoms with Gasteiger partial charge in [0.15, 0.2) is 5.69 Å². The Morgan fingerprint density at radius 1 is 1.12 bits per heavy atom. The van der Waals surface area contributed by atoms with Gasteiger partial charge in [-0.25, -0.2) is 13.1 Å². The van der Waals surface area contributed by atoms with Gasteiger partial charge in [0.1, 0.15) is 0 Å². The number of aromatic nitrogens is 2. The molecular weight excluding hydrogens is 445 g/mol. The number of hydrogen-bond acceptors (Lipinski definition) is 4. The number of halogens is 3. The van der Waals surface area contributed by atoms with Crippen molar-refractivity contribution < 1.29 is 26.4 Å². The monoisotopic (exact) mass is 466 g/mol. The number of alkyl halides is 3. The van der Waals surface area contributed by atoms with E-state index in [-0.39, 0.29) is 11.4 Å². The third-order valence-electron chi connectivity index (χ3n) is 4.66. The molecule has 1 heterocycles. The van der Waals surface area contributed by atoms with Crippen molar-refractivity contribution in [2.24, 2.45) is 0 Å². The Balaban J connectivity index is 1.92. The molecule has 0 saturated carbocycles. The number of carbonyl (C=O) groups excluding carboxylic acids is 1. The van der Waals surface area contributed by atoms with Crippen molar-refractivity contribution in [3.05, 3.63) is 77.1 Å². The van der Waals surface area contributed by atoms with Gasteiger partial charge in [0.2, 0.25) is 10.0 Å². The highest BCUT2D eigenvalue weighted by atomic mass is 32.2. The van der Waals surface area contributed by atoms with Gasteiger partial charge >= 0.3 is 6.18 Å². The van der Waals surface area contributed by atoms with Crippen LogP contribution in [0.4, 0.5) is 18.9 Å². The maximum atomic E-state index is 13.9. The highest BCUT2D eigenvalue weighted by molar-refractivity contribution is 7.92. The third kappa shape index (κ3) is 5.28. The molecule has 0 bridgehead atoms. The SMILES string of the molecule is Cc1ccccc1-n1ncc(C(=O)NC(C)c2cccc(NS(C)(=O)=O)c2)c1C(F)(F)F. The van der Waals surface area contributed by atoms with Crippen LogP contribution in [0.25, 0.3) is 5.69 Å². The lowest BCUT2D eigenvalue weighted by Crippen LogP contribution is -2.29. The van der Waals surface area contributed by atoms with Crippen LogP contribution in [0.1, 0.15) is 40.1 Å². The van der Waals surface area contributed by atoms with Crippen LogP contribution in [0.5, 0.6) is 0 Å².